The number of aliphatic hydroxyl groups excluding tert-OH is 2. The Morgan fingerprint density at radius 3 is 1.31 bits per heavy atom. The van der Waals surface area contributed by atoms with Gasteiger partial charge in [0.15, 0.2) is 0 Å². The molecular weight excluding hydrogens is 478 g/mol. The summed E-state index contributed by atoms with van der Waals surface area (Å²) < 4.78 is 1.69. The topological polar surface area (TPSA) is 40.5 Å². The summed E-state index contributed by atoms with van der Waals surface area (Å²) in [5.74, 6) is 0. The van der Waals surface area contributed by atoms with E-state index in [1.54, 1.807) is 0 Å². The summed E-state index contributed by atoms with van der Waals surface area (Å²) in [6.45, 7) is 7.35. The van der Waals surface area contributed by atoms with Crippen LogP contribution in [0.1, 0.15) is 27.7 Å². The number of alkyl halides is 2. The number of hydrogen-bond acceptors (Lipinski definition) is 2. The molecule has 0 saturated carbocycles. The van der Waals surface area contributed by atoms with Gasteiger partial charge in [-0.15, -0.1) is 0 Å². The molecule has 0 aromatic carbocycles. The van der Waals surface area contributed by atoms with Crippen LogP contribution in [0.2, 0.25) is 8.94 Å². The van der Waals surface area contributed by atoms with E-state index in [-0.39, 0.29) is 34.1 Å². The van der Waals surface area contributed by atoms with Gasteiger partial charge in [0.25, 0.3) is 0 Å². The van der Waals surface area contributed by atoms with Crippen LogP contribution in [-0.4, -0.2) is 66.3 Å². The van der Waals surface area contributed by atoms with E-state index in [9.17, 15) is 10.2 Å². The molecule has 0 rings (SSSR count). The van der Waals surface area contributed by atoms with Crippen molar-refractivity contribution in [3.05, 3.63) is 0 Å². The molecule has 16 heavy (non-hydrogen) atoms. The first-order valence-corrected chi connectivity index (χ1v) is 16.4. The first kappa shape index (κ1) is 18.1. The molecule has 6 heteroatoms. The molecule has 0 amide bonds. The summed E-state index contributed by atoms with van der Waals surface area (Å²) in [6.07, 6.45) is -0.828. The normalized spacial score (nSPS) is 17.2. The van der Waals surface area contributed by atoms with Gasteiger partial charge in [-0.1, -0.05) is 0 Å². The monoisotopic (exact) mass is 502 g/mol. The predicted molar refractivity (Wildman–Crippen MR) is 73.0 cm³/mol. The van der Waals surface area contributed by atoms with E-state index in [2.05, 4.69) is 0 Å². The zero-order valence-electron chi connectivity index (χ0n) is 10.0. The molecule has 2 N–H and O–H groups in total. The summed E-state index contributed by atoms with van der Waals surface area (Å²) in [5.41, 5.74) is 0. The third-order valence-electron chi connectivity index (χ3n) is 2.12. The van der Waals surface area contributed by atoms with Crippen molar-refractivity contribution in [2.45, 2.75) is 58.6 Å². The Hall–Kier alpha value is 2.08. The van der Waals surface area contributed by atoms with Gasteiger partial charge in [-0.3, -0.25) is 0 Å². The fraction of sp³-hybridized carbons (Fsp3) is 1.00. The molecule has 2 nitrogen and oxygen atoms in total. The maximum absolute atomic E-state index is 9.74. The van der Waals surface area contributed by atoms with Gasteiger partial charge >= 0.3 is 126 Å². The summed E-state index contributed by atoms with van der Waals surface area (Å²) >= 11 is 11.7. The van der Waals surface area contributed by atoms with Crippen LogP contribution in [0.25, 0.3) is 0 Å². The van der Waals surface area contributed by atoms with Crippen LogP contribution in [0.4, 0.5) is 0 Å². The zero-order valence-corrected chi connectivity index (χ0v) is 16.2. The van der Waals surface area contributed by atoms with Gasteiger partial charge in [0.1, 0.15) is 0 Å². The molecule has 0 heterocycles. The average Bonchev–Trinajstić information content (AvgIpc) is 2.08. The standard InChI is InChI=1S/C10H20Cl2O2Te2/c1-9(2,11)7(13)5-15-16-6-8(14)10(3,4)12/h7-8,13-14H,5-6H2,1-4H3. The van der Waals surface area contributed by atoms with Gasteiger partial charge in [-0.2, -0.15) is 0 Å². The first-order chi connectivity index (χ1) is 7.05. The first-order valence-electron chi connectivity index (χ1n) is 5.03. The van der Waals surface area contributed by atoms with Crippen molar-refractivity contribution in [2.75, 3.05) is 0 Å². The summed E-state index contributed by atoms with van der Waals surface area (Å²) in [7, 11) is 0. The molecule has 0 aromatic heterocycles. The van der Waals surface area contributed by atoms with Gasteiger partial charge in [-0.25, -0.2) is 0 Å². The molecule has 0 aromatic rings. The molecule has 2 atom stereocenters. The van der Waals surface area contributed by atoms with E-state index < -0.39 is 22.0 Å². The third kappa shape index (κ3) is 8.23. The van der Waals surface area contributed by atoms with Gasteiger partial charge < -0.3 is 0 Å². The van der Waals surface area contributed by atoms with E-state index in [1.807, 2.05) is 27.7 Å². The van der Waals surface area contributed by atoms with E-state index >= 15 is 0 Å². The number of aliphatic hydroxyl groups is 2. The number of rotatable bonds is 7. The second-order valence-electron chi connectivity index (χ2n) is 4.73. The molecule has 0 bridgehead atoms. The van der Waals surface area contributed by atoms with Crippen molar-refractivity contribution in [1.82, 2.24) is 0 Å². The van der Waals surface area contributed by atoms with E-state index in [0.717, 1.165) is 8.94 Å². The van der Waals surface area contributed by atoms with Crippen molar-refractivity contribution in [2.24, 2.45) is 0 Å². The number of hydrogen-bond donors (Lipinski definition) is 2. The van der Waals surface area contributed by atoms with Crippen LogP contribution in [-0.2, 0) is 0 Å². The SMILES string of the molecule is CC(C)(Cl)C(O)C[Te][Te]CC(O)C(C)(C)Cl. The van der Waals surface area contributed by atoms with E-state index in [4.69, 9.17) is 23.2 Å². The van der Waals surface area contributed by atoms with Gasteiger partial charge in [-0.05, 0) is 0 Å². The van der Waals surface area contributed by atoms with E-state index in [0.29, 0.717) is 0 Å². The van der Waals surface area contributed by atoms with Crippen LogP contribution in [0, 0.1) is 0 Å². The van der Waals surface area contributed by atoms with Crippen molar-refractivity contribution < 1.29 is 10.2 Å². The number of halogens is 2. The maximum atomic E-state index is 9.74. The van der Waals surface area contributed by atoms with Crippen LogP contribution >= 0.6 is 23.2 Å². The molecule has 0 aliphatic heterocycles. The Kier molecular flexibility index (Phi) is 8.61. The molecular formula is C10H20Cl2O2Te2. The Balaban J connectivity index is 3.70. The molecule has 0 aliphatic rings. The molecule has 2 unspecified atom stereocenters. The van der Waals surface area contributed by atoms with Crippen LogP contribution < -0.4 is 0 Å². The van der Waals surface area contributed by atoms with Crippen molar-refractivity contribution >= 4 is 57.3 Å². The quantitative estimate of drug-likeness (QED) is 0.320. The molecule has 0 aliphatic carbocycles. The fourth-order valence-electron chi connectivity index (χ4n) is 0.621. The molecule has 98 valence electrons. The summed E-state index contributed by atoms with van der Waals surface area (Å²) in [5, 5.41) is 19.5. The summed E-state index contributed by atoms with van der Waals surface area (Å²) in [4.78, 5) is -1.05. The molecule has 0 radical (unpaired) electrons. The van der Waals surface area contributed by atoms with Gasteiger partial charge in [0.05, 0.1) is 0 Å². The third-order valence-corrected chi connectivity index (χ3v) is 14.1. The van der Waals surface area contributed by atoms with Crippen molar-refractivity contribution in [3.63, 3.8) is 0 Å². The Labute approximate surface area is 125 Å². The van der Waals surface area contributed by atoms with Crippen molar-refractivity contribution in [1.29, 1.82) is 0 Å². The zero-order chi connectivity index (χ0) is 13.0. The Morgan fingerprint density at radius 2 is 1.12 bits per heavy atom. The minimum absolute atomic E-state index is 0.162. The summed E-state index contributed by atoms with van der Waals surface area (Å²) in [6, 6.07) is 0. The Bertz CT molecular complexity index is 180. The molecule has 0 spiro atoms. The predicted octanol–water partition coefficient (Wildman–Crippen LogP) is 1.90. The molecule has 0 fully saturated rings. The second kappa shape index (κ2) is 7.62. The average molecular weight is 498 g/mol. The van der Waals surface area contributed by atoms with Gasteiger partial charge in [0.2, 0.25) is 0 Å². The van der Waals surface area contributed by atoms with E-state index in [1.165, 1.54) is 0 Å². The van der Waals surface area contributed by atoms with Crippen molar-refractivity contribution in [3.8, 4) is 0 Å². The van der Waals surface area contributed by atoms with Gasteiger partial charge in [0, 0.05) is 0 Å². The van der Waals surface area contributed by atoms with Crippen LogP contribution in [0.5, 0.6) is 0 Å². The molecule has 0 saturated heterocycles. The second-order valence-corrected chi connectivity index (χ2v) is 19.0. The Morgan fingerprint density at radius 1 is 0.875 bits per heavy atom. The van der Waals surface area contributed by atoms with Crippen LogP contribution in [0.3, 0.4) is 0 Å². The minimum atomic E-state index is -0.526. The fourth-order valence-corrected chi connectivity index (χ4v) is 13.6. The van der Waals surface area contributed by atoms with Crippen LogP contribution in [0.15, 0.2) is 0 Å².